The van der Waals surface area contributed by atoms with Crippen molar-refractivity contribution in [2.24, 2.45) is 5.73 Å². The molecule has 6 heteroatoms. The predicted molar refractivity (Wildman–Crippen MR) is 78.0 cm³/mol. The number of aryl methyl sites for hydroxylation is 1. The third-order valence-electron chi connectivity index (χ3n) is 3.69. The second-order valence-corrected chi connectivity index (χ2v) is 4.80. The number of piperidine rings is 1. The molecule has 0 spiro atoms. The van der Waals surface area contributed by atoms with Crippen molar-refractivity contribution in [1.29, 1.82) is 0 Å². The van der Waals surface area contributed by atoms with Crippen LogP contribution in [0.15, 0.2) is 6.33 Å². The normalized spacial score (nSPS) is 18.8. The summed E-state index contributed by atoms with van der Waals surface area (Å²) in [6, 6.07) is 0.381. The zero-order valence-corrected chi connectivity index (χ0v) is 12.0. The van der Waals surface area contributed by atoms with Gasteiger partial charge in [-0.15, -0.1) is 24.8 Å². The van der Waals surface area contributed by atoms with Crippen LogP contribution in [-0.4, -0.2) is 29.1 Å². The second kappa shape index (κ2) is 6.55. The zero-order chi connectivity index (χ0) is 11.0. The number of hydrogen-bond donors (Lipinski definition) is 1. The maximum atomic E-state index is 5.93. The Morgan fingerprint density at radius 3 is 2.56 bits per heavy atom. The van der Waals surface area contributed by atoms with Crippen molar-refractivity contribution >= 4 is 30.6 Å². The first-order chi connectivity index (χ1) is 7.84. The van der Waals surface area contributed by atoms with Gasteiger partial charge in [-0.3, -0.25) is 0 Å². The predicted octanol–water partition coefficient (Wildman–Crippen LogP) is 1.74. The van der Waals surface area contributed by atoms with Crippen molar-refractivity contribution in [3.05, 3.63) is 17.6 Å². The highest BCUT2D eigenvalue weighted by molar-refractivity contribution is 5.85. The summed E-state index contributed by atoms with van der Waals surface area (Å²) < 4.78 is 0. The average molecular weight is 291 g/mol. The quantitative estimate of drug-likeness (QED) is 0.856. The lowest BCUT2D eigenvalue weighted by molar-refractivity contribution is 0.497. The van der Waals surface area contributed by atoms with Gasteiger partial charge in [0.15, 0.2) is 0 Å². The van der Waals surface area contributed by atoms with E-state index in [1.54, 1.807) is 6.33 Å². The van der Waals surface area contributed by atoms with Crippen LogP contribution in [-0.2, 0) is 12.8 Å². The summed E-state index contributed by atoms with van der Waals surface area (Å²) in [7, 11) is 0. The smallest absolute Gasteiger partial charge is 0.135 e. The highest BCUT2D eigenvalue weighted by Gasteiger charge is 2.23. The van der Waals surface area contributed by atoms with E-state index in [2.05, 4.69) is 14.9 Å². The second-order valence-electron chi connectivity index (χ2n) is 4.80. The summed E-state index contributed by atoms with van der Waals surface area (Å²) in [5.74, 6) is 1.18. The van der Waals surface area contributed by atoms with Crippen molar-refractivity contribution < 1.29 is 0 Å². The van der Waals surface area contributed by atoms with Crippen LogP contribution in [0.3, 0.4) is 0 Å². The van der Waals surface area contributed by atoms with E-state index in [1.165, 1.54) is 23.5 Å². The number of halogens is 2. The third-order valence-corrected chi connectivity index (χ3v) is 3.69. The molecule has 1 saturated heterocycles. The molecule has 0 saturated carbocycles. The molecule has 0 radical (unpaired) electrons. The van der Waals surface area contributed by atoms with E-state index in [0.717, 1.165) is 38.8 Å². The fraction of sp³-hybridized carbons (Fsp3) is 0.667. The maximum absolute atomic E-state index is 5.93. The van der Waals surface area contributed by atoms with Crippen LogP contribution in [0.2, 0.25) is 0 Å². The molecule has 1 aliphatic carbocycles. The number of rotatable bonds is 1. The Labute approximate surface area is 120 Å². The first-order valence-electron chi connectivity index (χ1n) is 6.18. The molecule has 1 fully saturated rings. The molecule has 2 aliphatic rings. The first-order valence-corrected chi connectivity index (χ1v) is 6.18. The lowest BCUT2D eigenvalue weighted by atomic mass is 10.1. The molecule has 1 aliphatic heterocycles. The fourth-order valence-corrected chi connectivity index (χ4v) is 2.73. The summed E-state index contributed by atoms with van der Waals surface area (Å²) in [5, 5.41) is 0. The van der Waals surface area contributed by atoms with E-state index < -0.39 is 0 Å². The standard InChI is InChI=1S/C12H18N4.2ClH/c13-9-4-6-16(7-5-9)12-10-2-1-3-11(10)14-8-15-12;;/h8-9H,1-7,13H2;2*1H. The number of fused-ring (bicyclic) bond motifs is 1. The van der Waals surface area contributed by atoms with Crippen LogP contribution in [0.1, 0.15) is 30.5 Å². The summed E-state index contributed by atoms with van der Waals surface area (Å²) in [5.41, 5.74) is 8.58. The number of hydrogen-bond acceptors (Lipinski definition) is 4. The van der Waals surface area contributed by atoms with E-state index in [1.807, 2.05) is 0 Å². The van der Waals surface area contributed by atoms with E-state index in [4.69, 9.17) is 5.73 Å². The van der Waals surface area contributed by atoms with Crippen molar-refractivity contribution in [1.82, 2.24) is 9.97 Å². The van der Waals surface area contributed by atoms with E-state index >= 15 is 0 Å². The van der Waals surface area contributed by atoms with E-state index in [-0.39, 0.29) is 24.8 Å². The van der Waals surface area contributed by atoms with Crippen LogP contribution >= 0.6 is 24.8 Å². The Kier molecular flexibility index (Phi) is 5.63. The van der Waals surface area contributed by atoms with Crippen molar-refractivity contribution in [3.63, 3.8) is 0 Å². The van der Waals surface area contributed by atoms with Gasteiger partial charge in [-0.05, 0) is 32.1 Å². The summed E-state index contributed by atoms with van der Waals surface area (Å²) in [6.07, 6.45) is 7.38. The van der Waals surface area contributed by atoms with Crippen LogP contribution in [0.25, 0.3) is 0 Å². The van der Waals surface area contributed by atoms with Gasteiger partial charge in [0.25, 0.3) is 0 Å². The molecule has 2 N–H and O–H groups in total. The summed E-state index contributed by atoms with van der Waals surface area (Å²) >= 11 is 0. The number of nitrogens with two attached hydrogens (primary N) is 1. The minimum Gasteiger partial charge on any atom is -0.356 e. The van der Waals surface area contributed by atoms with Crippen LogP contribution in [0.4, 0.5) is 5.82 Å². The number of anilines is 1. The molecular formula is C12H20Cl2N4. The van der Waals surface area contributed by atoms with Crippen LogP contribution < -0.4 is 10.6 Å². The minimum atomic E-state index is 0. The third kappa shape index (κ3) is 2.87. The lowest BCUT2D eigenvalue weighted by Crippen LogP contribution is -2.40. The Morgan fingerprint density at radius 2 is 1.83 bits per heavy atom. The van der Waals surface area contributed by atoms with Crippen molar-refractivity contribution in [2.45, 2.75) is 38.1 Å². The average Bonchev–Trinajstić information content (AvgIpc) is 2.78. The fourth-order valence-electron chi connectivity index (χ4n) is 2.73. The first kappa shape index (κ1) is 15.5. The molecule has 0 aromatic carbocycles. The molecule has 0 unspecified atom stereocenters. The van der Waals surface area contributed by atoms with Gasteiger partial charge < -0.3 is 10.6 Å². The Hall–Kier alpha value is -0.580. The Morgan fingerprint density at radius 1 is 1.11 bits per heavy atom. The molecule has 102 valence electrons. The summed E-state index contributed by atoms with van der Waals surface area (Å²) in [6.45, 7) is 2.09. The minimum absolute atomic E-state index is 0. The van der Waals surface area contributed by atoms with Gasteiger partial charge in [0.05, 0.1) is 0 Å². The Bertz CT molecular complexity index is 392. The molecule has 1 aromatic rings. The Balaban J connectivity index is 0.000000810. The molecule has 0 amide bonds. The molecule has 3 rings (SSSR count). The monoisotopic (exact) mass is 290 g/mol. The van der Waals surface area contributed by atoms with Gasteiger partial charge in [-0.25, -0.2) is 9.97 Å². The largest absolute Gasteiger partial charge is 0.356 e. The van der Waals surface area contributed by atoms with Gasteiger partial charge in [0.2, 0.25) is 0 Å². The topological polar surface area (TPSA) is 55.0 Å². The van der Waals surface area contributed by atoms with Gasteiger partial charge in [-0.1, -0.05) is 0 Å². The maximum Gasteiger partial charge on any atom is 0.135 e. The van der Waals surface area contributed by atoms with Gasteiger partial charge in [0, 0.05) is 30.4 Å². The van der Waals surface area contributed by atoms with Crippen molar-refractivity contribution in [2.75, 3.05) is 18.0 Å². The molecular weight excluding hydrogens is 271 g/mol. The molecule has 0 atom stereocenters. The number of aromatic nitrogens is 2. The molecule has 4 nitrogen and oxygen atoms in total. The summed E-state index contributed by atoms with van der Waals surface area (Å²) in [4.78, 5) is 11.2. The molecule has 2 heterocycles. The van der Waals surface area contributed by atoms with Gasteiger partial charge >= 0.3 is 0 Å². The van der Waals surface area contributed by atoms with E-state index in [0.29, 0.717) is 6.04 Å². The van der Waals surface area contributed by atoms with Crippen molar-refractivity contribution in [3.8, 4) is 0 Å². The SMILES string of the molecule is Cl.Cl.NC1CCN(c2ncnc3c2CCC3)CC1. The van der Waals surface area contributed by atoms with Crippen LogP contribution in [0.5, 0.6) is 0 Å². The van der Waals surface area contributed by atoms with Crippen LogP contribution in [0, 0.1) is 0 Å². The van der Waals surface area contributed by atoms with Gasteiger partial charge in [-0.2, -0.15) is 0 Å². The number of nitrogens with zero attached hydrogens (tertiary/aromatic N) is 3. The van der Waals surface area contributed by atoms with Gasteiger partial charge in [0.1, 0.15) is 12.1 Å². The zero-order valence-electron chi connectivity index (χ0n) is 10.3. The molecule has 1 aromatic heterocycles. The highest BCUT2D eigenvalue weighted by atomic mass is 35.5. The molecule has 18 heavy (non-hydrogen) atoms. The lowest BCUT2D eigenvalue weighted by Gasteiger charge is -2.32. The highest BCUT2D eigenvalue weighted by Crippen LogP contribution is 2.29. The molecule has 0 bridgehead atoms. The van der Waals surface area contributed by atoms with E-state index in [9.17, 15) is 0 Å².